The van der Waals surface area contributed by atoms with Crippen LogP contribution in [0.5, 0.6) is 11.5 Å². The van der Waals surface area contributed by atoms with E-state index < -0.39 is 23.5 Å². The number of thiophene rings is 1. The Bertz CT molecular complexity index is 1380. The number of carbonyl (C=O) groups is 2. The van der Waals surface area contributed by atoms with Gasteiger partial charge in [0.15, 0.2) is 0 Å². The van der Waals surface area contributed by atoms with E-state index in [0.29, 0.717) is 23.3 Å². The Hall–Kier alpha value is -4.24. The molecular weight excluding hydrogens is 476 g/mol. The lowest BCUT2D eigenvalue weighted by molar-refractivity contribution is 0.0697. The Kier molecular flexibility index (Phi) is 6.79. The molecule has 0 aliphatic rings. The topological polar surface area (TPSA) is 76.1 Å². The van der Waals surface area contributed by atoms with Gasteiger partial charge in [-0.3, -0.25) is 9.69 Å². The number of carbonyl (C=O) groups excluding carboxylic acids is 1. The first-order chi connectivity index (χ1) is 16.8. The maximum absolute atomic E-state index is 14.1. The number of hydrogen-bond donors (Lipinski definition) is 1. The predicted octanol–water partition coefficient (Wildman–Crippen LogP) is 6.39. The molecule has 0 aliphatic carbocycles. The highest BCUT2D eigenvalue weighted by atomic mass is 32.1. The van der Waals surface area contributed by atoms with Gasteiger partial charge < -0.3 is 14.6 Å². The van der Waals surface area contributed by atoms with Gasteiger partial charge in [0.1, 0.15) is 28.0 Å². The van der Waals surface area contributed by atoms with Crippen molar-refractivity contribution >= 4 is 34.6 Å². The Labute approximate surface area is 203 Å². The predicted molar refractivity (Wildman–Crippen MR) is 129 cm³/mol. The zero-order valence-electron chi connectivity index (χ0n) is 18.6. The highest BCUT2D eigenvalue weighted by Gasteiger charge is 2.26. The van der Waals surface area contributed by atoms with E-state index in [1.807, 2.05) is 6.07 Å². The number of rotatable bonds is 7. The molecule has 35 heavy (non-hydrogen) atoms. The average Bonchev–Trinajstić information content (AvgIpc) is 3.34. The molecule has 0 fully saturated rings. The maximum atomic E-state index is 14.1. The normalized spacial score (nSPS) is 10.6. The van der Waals surface area contributed by atoms with Gasteiger partial charge in [0.2, 0.25) is 0 Å². The van der Waals surface area contributed by atoms with Crippen LogP contribution in [0.1, 0.15) is 20.0 Å². The van der Waals surface area contributed by atoms with Crippen molar-refractivity contribution in [1.82, 2.24) is 0 Å². The minimum absolute atomic E-state index is 0.0789. The van der Waals surface area contributed by atoms with Crippen LogP contribution in [0.3, 0.4) is 0 Å². The van der Waals surface area contributed by atoms with Gasteiger partial charge in [-0.1, -0.05) is 12.1 Å². The summed E-state index contributed by atoms with van der Waals surface area (Å²) < 4.78 is 38.8. The lowest BCUT2D eigenvalue weighted by Gasteiger charge is -2.24. The SMILES string of the molecule is COc1ccc(-c2ccc(N(C(=O)c3ccsc3C(=O)O)c3cc(F)cc(F)c3)cc2)c(OC)c1. The summed E-state index contributed by atoms with van der Waals surface area (Å²) in [6.45, 7) is 0. The van der Waals surface area contributed by atoms with Gasteiger partial charge in [0.25, 0.3) is 5.91 Å². The molecule has 1 N–H and O–H groups in total. The number of methoxy groups -OCH3 is 2. The zero-order valence-corrected chi connectivity index (χ0v) is 19.4. The number of nitrogens with zero attached hydrogens (tertiary/aromatic N) is 1. The van der Waals surface area contributed by atoms with Crippen molar-refractivity contribution in [1.29, 1.82) is 0 Å². The van der Waals surface area contributed by atoms with Crippen LogP contribution in [-0.2, 0) is 0 Å². The number of carboxylic acid groups (broad SMARTS) is 1. The van der Waals surface area contributed by atoms with Crippen molar-refractivity contribution in [3.8, 4) is 22.6 Å². The Morgan fingerprint density at radius 3 is 2.14 bits per heavy atom. The second-order valence-corrected chi connectivity index (χ2v) is 8.27. The number of aromatic carboxylic acids is 1. The van der Waals surface area contributed by atoms with Gasteiger partial charge in [-0.05, 0) is 53.4 Å². The first kappa shape index (κ1) is 23.9. The number of benzene rings is 3. The summed E-state index contributed by atoms with van der Waals surface area (Å²) in [5, 5.41) is 10.9. The Morgan fingerprint density at radius 2 is 1.54 bits per heavy atom. The summed E-state index contributed by atoms with van der Waals surface area (Å²) in [4.78, 5) is 26.0. The van der Waals surface area contributed by atoms with E-state index in [9.17, 15) is 23.5 Å². The largest absolute Gasteiger partial charge is 0.497 e. The van der Waals surface area contributed by atoms with Crippen LogP contribution in [0.4, 0.5) is 20.2 Å². The molecule has 0 bridgehead atoms. The fourth-order valence-corrected chi connectivity index (χ4v) is 4.37. The van der Waals surface area contributed by atoms with E-state index in [2.05, 4.69) is 0 Å². The summed E-state index contributed by atoms with van der Waals surface area (Å²) in [6, 6.07) is 16.1. The number of anilines is 2. The van der Waals surface area contributed by atoms with E-state index in [4.69, 9.17) is 9.47 Å². The molecule has 178 valence electrons. The van der Waals surface area contributed by atoms with Gasteiger partial charge >= 0.3 is 5.97 Å². The van der Waals surface area contributed by atoms with Gasteiger partial charge in [-0.2, -0.15) is 0 Å². The van der Waals surface area contributed by atoms with E-state index in [-0.39, 0.29) is 16.1 Å². The minimum atomic E-state index is -1.27. The van der Waals surface area contributed by atoms with Gasteiger partial charge in [0, 0.05) is 23.4 Å². The molecule has 3 aromatic carbocycles. The number of ether oxygens (including phenoxy) is 2. The highest BCUT2D eigenvalue weighted by molar-refractivity contribution is 7.12. The van der Waals surface area contributed by atoms with Crippen molar-refractivity contribution < 1.29 is 33.0 Å². The van der Waals surface area contributed by atoms with Crippen molar-refractivity contribution in [2.45, 2.75) is 0 Å². The van der Waals surface area contributed by atoms with Crippen LogP contribution >= 0.6 is 11.3 Å². The lowest BCUT2D eigenvalue weighted by Crippen LogP contribution is -2.27. The standard InChI is InChI=1S/C26H19F2NO5S/c1-33-20-7-8-21(23(14-20)34-2)15-3-5-18(6-4-15)29(19-12-16(27)11-17(28)13-19)25(30)22-9-10-35-24(22)26(31)32/h3-14H,1-2H3,(H,31,32). The number of hydrogen-bond acceptors (Lipinski definition) is 5. The van der Waals surface area contributed by atoms with Gasteiger partial charge in [-0.25, -0.2) is 13.6 Å². The number of amides is 1. The Balaban J connectivity index is 1.80. The van der Waals surface area contributed by atoms with Crippen LogP contribution in [0, 0.1) is 11.6 Å². The molecule has 0 aliphatic heterocycles. The summed E-state index contributed by atoms with van der Waals surface area (Å²) in [5.74, 6) is -2.56. The summed E-state index contributed by atoms with van der Waals surface area (Å²) in [7, 11) is 3.08. The van der Waals surface area contributed by atoms with Crippen LogP contribution in [-0.4, -0.2) is 31.2 Å². The average molecular weight is 496 g/mol. The first-order valence-electron chi connectivity index (χ1n) is 10.3. The molecular formula is C26H19F2NO5S. The molecule has 0 atom stereocenters. The maximum Gasteiger partial charge on any atom is 0.346 e. The van der Waals surface area contributed by atoms with E-state index >= 15 is 0 Å². The summed E-state index contributed by atoms with van der Waals surface area (Å²) >= 11 is 0.888. The quantitative estimate of drug-likeness (QED) is 0.322. The van der Waals surface area contributed by atoms with Crippen LogP contribution in [0.2, 0.25) is 0 Å². The second-order valence-electron chi connectivity index (χ2n) is 7.35. The molecule has 4 rings (SSSR count). The fraction of sp³-hybridized carbons (Fsp3) is 0.0769. The molecule has 0 spiro atoms. The number of carboxylic acids is 1. The molecule has 0 saturated carbocycles. The molecule has 9 heteroatoms. The second kappa shape index (κ2) is 9.94. The molecule has 0 unspecified atom stereocenters. The van der Waals surface area contributed by atoms with E-state index in [0.717, 1.165) is 39.5 Å². The molecule has 1 aromatic heterocycles. The van der Waals surface area contributed by atoms with Crippen LogP contribution in [0.15, 0.2) is 72.1 Å². The summed E-state index contributed by atoms with van der Waals surface area (Å²) in [5.41, 5.74) is 1.64. The van der Waals surface area contributed by atoms with E-state index in [1.165, 1.54) is 18.6 Å². The molecule has 6 nitrogen and oxygen atoms in total. The third-order valence-electron chi connectivity index (χ3n) is 5.24. The minimum Gasteiger partial charge on any atom is -0.497 e. The van der Waals surface area contributed by atoms with Gasteiger partial charge in [0.05, 0.1) is 25.5 Å². The lowest BCUT2D eigenvalue weighted by atomic mass is 10.0. The van der Waals surface area contributed by atoms with Crippen LogP contribution < -0.4 is 14.4 Å². The summed E-state index contributed by atoms with van der Waals surface area (Å²) in [6.07, 6.45) is 0. The third kappa shape index (κ3) is 4.85. The smallest absolute Gasteiger partial charge is 0.346 e. The van der Waals surface area contributed by atoms with Crippen LogP contribution in [0.25, 0.3) is 11.1 Å². The highest BCUT2D eigenvalue weighted by Crippen LogP contribution is 2.36. The molecule has 1 heterocycles. The molecule has 0 radical (unpaired) electrons. The Morgan fingerprint density at radius 1 is 0.857 bits per heavy atom. The molecule has 1 amide bonds. The third-order valence-corrected chi connectivity index (χ3v) is 6.15. The molecule has 0 saturated heterocycles. The zero-order chi connectivity index (χ0) is 25.1. The monoisotopic (exact) mass is 495 g/mol. The fourth-order valence-electron chi connectivity index (χ4n) is 3.64. The first-order valence-corrected chi connectivity index (χ1v) is 11.1. The number of halogens is 2. The van der Waals surface area contributed by atoms with E-state index in [1.54, 1.807) is 43.5 Å². The van der Waals surface area contributed by atoms with Crippen molar-refractivity contribution in [2.75, 3.05) is 19.1 Å². The van der Waals surface area contributed by atoms with Gasteiger partial charge in [-0.15, -0.1) is 11.3 Å². The van der Waals surface area contributed by atoms with Crippen molar-refractivity contribution in [3.63, 3.8) is 0 Å². The molecule has 4 aromatic rings. The van der Waals surface area contributed by atoms with Crippen molar-refractivity contribution in [3.05, 3.63) is 94.2 Å². The van der Waals surface area contributed by atoms with Crippen molar-refractivity contribution in [2.24, 2.45) is 0 Å².